The number of amides is 1. The lowest BCUT2D eigenvalue weighted by Crippen LogP contribution is -2.31. The molecule has 1 atom stereocenters. The molecule has 3 heterocycles. The largest absolute Gasteiger partial charge is 0.347 e. The third kappa shape index (κ3) is 3.16. The van der Waals surface area contributed by atoms with E-state index in [1.54, 1.807) is 24.1 Å². The van der Waals surface area contributed by atoms with Crippen LogP contribution in [0.2, 0.25) is 0 Å². The van der Waals surface area contributed by atoms with E-state index in [1.165, 1.54) is 0 Å². The van der Waals surface area contributed by atoms with E-state index in [0.717, 1.165) is 0 Å². The minimum absolute atomic E-state index is 0.0663. The molecule has 0 aliphatic carbocycles. The van der Waals surface area contributed by atoms with Gasteiger partial charge >= 0.3 is 0 Å². The van der Waals surface area contributed by atoms with Crippen molar-refractivity contribution in [3.63, 3.8) is 0 Å². The highest BCUT2D eigenvalue weighted by Gasteiger charge is 2.32. The SMILES string of the molecule is Cn1cc(-c2noc(CNC(=O)[C@@H]3CCS(=O)(=O)C3)n2)cn1. The number of carbonyl (C=O) groups excluding carboxylic acids is 1. The summed E-state index contributed by atoms with van der Waals surface area (Å²) < 4.78 is 29.4. The van der Waals surface area contributed by atoms with Crippen LogP contribution in [-0.4, -0.2) is 45.8 Å². The molecule has 0 spiro atoms. The van der Waals surface area contributed by atoms with E-state index in [2.05, 4.69) is 20.6 Å². The molecule has 3 rings (SSSR count). The molecule has 0 aromatic carbocycles. The van der Waals surface area contributed by atoms with E-state index in [9.17, 15) is 13.2 Å². The van der Waals surface area contributed by atoms with Crippen LogP contribution in [-0.2, 0) is 28.2 Å². The first-order valence-corrected chi connectivity index (χ1v) is 8.55. The summed E-state index contributed by atoms with van der Waals surface area (Å²) in [7, 11) is -1.30. The third-order valence-corrected chi connectivity index (χ3v) is 5.22. The lowest BCUT2D eigenvalue weighted by Gasteiger charge is -2.06. The van der Waals surface area contributed by atoms with Gasteiger partial charge in [-0.1, -0.05) is 5.16 Å². The quantitative estimate of drug-likeness (QED) is 0.806. The topological polar surface area (TPSA) is 120 Å². The maximum atomic E-state index is 11.9. The smallest absolute Gasteiger partial charge is 0.246 e. The summed E-state index contributed by atoms with van der Waals surface area (Å²) in [6, 6.07) is 0. The summed E-state index contributed by atoms with van der Waals surface area (Å²) in [5.74, 6) is -0.179. The van der Waals surface area contributed by atoms with Gasteiger partial charge in [0.1, 0.15) is 0 Å². The number of carbonyl (C=O) groups is 1. The fourth-order valence-corrected chi connectivity index (χ4v) is 4.03. The summed E-state index contributed by atoms with van der Waals surface area (Å²) in [6.45, 7) is 0.0721. The third-order valence-electron chi connectivity index (χ3n) is 3.45. The lowest BCUT2D eigenvalue weighted by atomic mass is 10.1. The van der Waals surface area contributed by atoms with Crippen LogP contribution in [0.4, 0.5) is 0 Å². The van der Waals surface area contributed by atoms with Crippen molar-refractivity contribution in [2.45, 2.75) is 13.0 Å². The Hall–Kier alpha value is -2.23. The van der Waals surface area contributed by atoms with E-state index >= 15 is 0 Å². The van der Waals surface area contributed by atoms with Gasteiger partial charge in [-0.3, -0.25) is 9.48 Å². The molecular weight excluding hydrogens is 310 g/mol. The van der Waals surface area contributed by atoms with Gasteiger partial charge in [0.15, 0.2) is 9.84 Å². The van der Waals surface area contributed by atoms with Gasteiger partial charge in [-0.2, -0.15) is 10.1 Å². The molecule has 0 bridgehead atoms. The first-order chi connectivity index (χ1) is 10.4. The van der Waals surface area contributed by atoms with Crippen LogP contribution in [0.5, 0.6) is 0 Å². The molecule has 118 valence electrons. The number of aryl methyl sites for hydroxylation is 1. The Morgan fingerprint density at radius 2 is 2.36 bits per heavy atom. The van der Waals surface area contributed by atoms with E-state index in [4.69, 9.17) is 4.52 Å². The van der Waals surface area contributed by atoms with Crippen LogP contribution in [0.1, 0.15) is 12.3 Å². The summed E-state index contributed by atoms with van der Waals surface area (Å²) in [4.78, 5) is 16.1. The molecule has 1 aliphatic heterocycles. The van der Waals surface area contributed by atoms with Gasteiger partial charge in [0.05, 0.1) is 35.7 Å². The number of rotatable bonds is 4. The Morgan fingerprint density at radius 3 is 3.00 bits per heavy atom. The molecule has 2 aromatic heterocycles. The van der Waals surface area contributed by atoms with Crippen molar-refractivity contribution in [3.8, 4) is 11.4 Å². The molecule has 1 amide bonds. The van der Waals surface area contributed by atoms with E-state index in [0.29, 0.717) is 17.8 Å². The van der Waals surface area contributed by atoms with Crippen molar-refractivity contribution in [2.75, 3.05) is 11.5 Å². The minimum Gasteiger partial charge on any atom is -0.347 e. The number of nitrogens with one attached hydrogen (secondary N) is 1. The van der Waals surface area contributed by atoms with Crippen LogP contribution in [0.25, 0.3) is 11.4 Å². The second-order valence-electron chi connectivity index (χ2n) is 5.23. The number of aromatic nitrogens is 4. The molecule has 1 saturated heterocycles. The second-order valence-corrected chi connectivity index (χ2v) is 7.46. The summed E-state index contributed by atoms with van der Waals surface area (Å²) in [5.41, 5.74) is 0.714. The second kappa shape index (κ2) is 5.52. The van der Waals surface area contributed by atoms with Crippen molar-refractivity contribution in [1.29, 1.82) is 0 Å². The molecule has 0 radical (unpaired) electrons. The zero-order chi connectivity index (χ0) is 15.7. The van der Waals surface area contributed by atoms with Crippen LogP contribution < -0.4 is 5.32 Å². The van der Waals surface area contributed by atoms with Gasteiger partial charge in [-0.05, 0) is 6.42 Å². The Bertz CT molecular complexity index is 794. The zero-order valence-electron chi connectivity index (χ0n) is 11.9. The van der Waals surface area contributed by atoms with Crippen LogP contribution in [0, 0.1) is 5.92 Å². The van der Waals surface area contributed by atoms with Gasteiger partial charge in [0, 0.05) is 13.2 Å². The number of nitrogens with zero attached hydrogens (tertiary/aromatic N) is 4. The first-order valence-electron chi connectivity index (χ1n) is 6.73. The van der Waals surface area contributed by atoms with Crippen LogP contribution in [0.15, 0.2) is 16.9 Å². The monoisotopic (exact) mass is 325 g/mol. The number of sulfone groups is 1. The van der Waals surface area contributed by atoms with Gasteiger partial charge < -0.3 is 9.84 Å². The Labute approximate surface area is 126 Å². The van der Waals surface area contributed by atoms with Crippen LogP contribution >= 0.6 is 0 Å². The molecule has 1 N–H and O–H groups in total. The highest BCUT2D eigenvalue weighted by Crippen LogP contribution is 2.18. The molecule has 22 heavy (non-hydrogen) atoms. The van der Waals surface area contributed by atoms with Gasteiger partial charge in [0.2, 0.25) is 17.6 Å². The van der Waals surface area contributed by atoms with Gasteiger partial charge in [-0.25, -0.2) is 8.42 Å². The maximum Gasteiger partial charge on any atom is 0.246 e. The van der Waals surface area contributed by atoms with Gasteiger partial charge in [-0.15, -0.1) is 0 Å². The standard InChI is InChI=1S/C12H15N5O4S/c1-17-6-9(4-14-17)11-15-10(21-16-11)5-13-12(18)8-2-3-22(19,20)7-8/h4,6,8H,2-3,5,7H2,1H3,(H,13,18)/t8-/m1/s1. The van der Waals surface area contributed by atoms with E-state index in [-0.39, 0.29) is 29.8 Å². The summed E-state index contributed by atoms with van der Waals surface area (Å²) in [5, 5.41) is 10.5. The zero-order valence-corrected chi connectivity index (χ0v) is 12.7. The molecule has 1 fully saturated rings. The fourth-order valence-electron chi connectivity index (χ4n) is 2.29. The average molecular weight is 325 g/mol. The number of hydrogen-bond donors (Lipinski definition) is 1. The maximum absolute atomic E-state index is 11.9. The van der Waals surface area contributed by atoms with Crippen molar-refractivity contribution < 1.29 is 17.7 Å². The molecular formula is C12H15N5O4S. The van der Waals surface area contributed by atoms with E-state index < -0.39 is 15.8 Å². The summed E-state index contributed by atoms with van der Waals surface area (Å²) in [6.07, 6.45) is 3.71. The molecule has 1 aliphatic rings. The summed E-state index contributed by atoms with van der Waals surface area (Å²) >= 11 is 0. The normalized spacial score (nSPS) is 20.1. The Kier molecular flexibility index (Phi) is 3.69. The average Bonchev–Trinajstić information content (AvgIpc) is 3.15. The van der Waals surface area contributed by atoms with Crippen molar-refractivity contribution in [3.05, 3.63) is 18.3 Å². The van der Waals surface area contributed by atoms with Crippen molar-refractivity contribution >= 4 is 15.7 Å². The van der Waals surface area contributed by atoms with E-state index in [1.807, 2.05) is 0 Å². The Morgan fingerprint density at radius 1 is 1.55 bits per heavy atom. The fraction of sp³-hybridized carbons (Fsp3) is 0.500. The van der Waals surface area contributed by atoms with Crippen molar-refractivity contribution in [2.24, 2.45) is 13.0 Å². The first kappa shape index (κ1) is 14.7. The number of hydrogen-bond acceptors (Lipinski definition) is 7. The predicted octanol–water partition coefficient (Wildman–Crippen LogP) is -0.479. The van der Waals surface area contributed by atoms with Crippen LogP contribution in [0.3, 0.4) is 0 Å². The molecule has 9 nitrogen and oxygen atoms in total. The highest BCUT2D eigenvalue weighted by atomic mass is 32.2. The minimum atomic E-state index is -3.07. The Balaban J connectivity index is 1.58. The molecule has 0 unspecified atom stereocenters. The van der Waals surface area contributed by atoms with Crippen molar-refractivity contribution in [1.82, 2.24) is 25.2 Å². The highest BCUT2D eigenvalue weighted by molar-refractivity contribution is 7.91. The molecule has 10 heteroatoms. The lowest BCUT2D eigenvalue weighted by molar-refractivity contribution is -0.124. The van der Waals surface area contributed by atoms with Gasteiger partial charge in [0.25, 0.3) is 0 Å². The predicted molar refractivity (Wildman–Crippen MR) is 75.1 cm³/mol. The molecule has 0 saturated carbocycles. The molecule has 2 aromatic rings.